The number of aromatic hydroxyl groups is 2. The molecular weight excluding hydrogens is 316 g/mol. The van der Waals surface area contributed by atoms with Crippen molar-refractivity contribution in [3.63, 3.8) is 0 Å². The van der Waals surface area contributed by atoms with Crippen LogP contribution < -0.4 is 11.3 Å². The van der Waals surface area contributed by atoms with E-state index in [0.29, 0.717) is 0 Å². The monoisotopic (exact) mass is 332 g/mol. The Morgan fingerprint density at radius 1 is 0.833 bits per heavy atom. The third-order valence-electron chi connectivity index (χ3n) is 3.18. The van der Waals surface area contributed by atoms with Crippen molar-refractivity contribution in [2.24, 2.45) is 10.2 Å². The van der Waals surface area contributed by atoms with Crippen LogP contribution in [0.15, 0.2) is 40.8 Å². The summed E-state index contributed by atoms with van der Waals surface area (Å²) in [6.45, 7) is 5.96. The van der Waals surface area contributed by atoms with Gasteiger partial charge in [-0.1, -0.05) is 0 Å². The molecule has 0 fully saturated rings. The summed E-state index contributed by atoms with van der Waals surface area (Å²) in [5, 5.41) is 27.3. The highest BCUT2D eigenvalue weighted by molar-refractivity contribution is 6.03. The molecule has 0 aromatic carbocycles. The molecule has 2 heterocycles. The molecule has 0 bridgehead atoms. The smallest absolute Gasteiger partial charge is 0.348 e. The summed E-state index contributed by atoms with van der Waals surface area (Å²) in [5.74, 6) is -0.0436. The van der Waals surface area contributed by atoms with Crippen molar-refractivity contribution in [1.29, 1.82) is 0 Å². The van der Waals surface area contributed by atoms with Gasteiger partial charge in [0, 0.05) is 12.1 Å². The predicted molar refractivity (Wildman–Crippen MR) is 87.2 cm³/mol. The van der Waals surface area contributed by atoms with Crippen LogP contribution in [0.1, 0.15) is 36.5 Å². The Labute approximate surface area is 136 Å². The number of hydrogen-bond acceptors (Lipinski definition) is 8. The normalized spacial score (nSPS) is 12.5. The predicted octanol–water partition coefficient (Wildman–Crippen LogP) is 1.85. The fourth-order valence-corrected chi connectivity index (χ4v) is 2.11. The van der Waals surface area contributed by atoms with Gasteiger partial charge in [0.2, 0.25) is 0 Å². The highest BCUT2D eigenvalue weighted by Gasteiger charge is 2.15. The van der Waals surface area contributed by atoms with Crippen LogP contribution in [0.2, 0.25) is 0 Å². The zero-order valence-corrected chi connectivity index (χ0v) is 13.6. The van der Waals surface area contributed by atoms with Crippen molar-refractivity contribution in [2.45, 2.75) is 27.7 Å². The molecule has 0 radical (unpaired) electrons. The summed E-state index contributed by atoms with van der Waals surface area (Å²) in [6.07, 6.45) is 0. The standard InChI is InChI=1S/C16H16N2O6/c1-7-5-11(19)13(15(21)23-7)9(3)17-18-10(4)14-12(20)6-8(2)24-16(14)22/h5-6,19-20H,1-4H3/b17-9+,18-10+. The van der Waals surface area contributed by atoms with E-state index in [1.807, 2.05) is 0 Å². The average molecular weight is 332 g/mol. The van der Waals surface area contributed by atoms with Crippen LogP contribution in [0.5, 0.6) is 11.5 Å². The molecule has 2 aromatic rings. The molecule has 0 aliphatic carbocycles. The summed E-state index contributed by atoms with van der Waals surface area (Å²) in [7, 11) is 0. The van der Waals surface area contributed by atoms with Gasteiger partial charge in [0.15, 0.2) is 0 Å². The van der Waals surface area contributed by atoms with Crippen LogP contribution in [0.3, 0.4) is 0 Å². The SMILES string of the molecule is C/C(=N\N=C(/C)c1c(O)cc(C)oc1=O)c1c(O)cc(C)oc1=O. The van der Waals surface area contributed by atoms with E-state index in [4.69, 9.17) is 8.83 Å². The second-order valence-electron chi connectivity index (χ2n) is 5.18. The number of aryl methyl sites for hydroxylation is 2. The van der Waals surface area contributed by atoms with E-state index in [-0.39, 0.29) is 45.6 Å². The van der Waals surface area contributed by atoms with Crippen molar-refractivity contribution in [2.75, 3.05) is 0 Å². The molecule has 2 rings (SSSR count). The maximum absolute atomic E-state index is 11.8. The minimum absolute atomic E-state index is 0.0941. The van der Waals surface area contributed by atoms with Crippen molar-refractivity contribution < 1.29 is 19.0 Å². The van der Waals surface area contributed by atoms with E-state index in [0.717, 1.165) is 0 Å². The van der Waals surface area contributed by atoms with Crippen molar-refractivity contribution in [3.05, 3.63) is 55.6 Å². The third kappa shape index (κ3) is 3.43. The van der Waals surface area contributed by atoms with Gasteiger partial charge in [-0.15, -0.1) is 0 Å². The van der Waals surface area contributed by atoms with Gasteiger partial charge in [-0.05, 0) is 27.7 Å². The first-order valence-electron chi connectivity index (χ1n) is 6.97. The lowest BCUT2D eigenvalue weighted by Gasteiger charge is -2.03. The molecule has 0 unspecified atom stereocenters. The van der Waals surface area contributed by atoms with Crippen LogP contribution in [-0.2, 0) is 0 Å². The van der Waals surface area contributed by atoms with E-state index in [1.54, 1.807) is 0 Å². The van der Waals surface area contributed by atoms with Crippen LogP contribution >= 0.6 is 0 Å². The van der Waals surface area contributed by atoms with Crippen molar-refractivity contribution >= 4 is 11.4 Å². The Balaban J connectivity index is 2.48. The Hall–Kier alpha value is -3.16. The fourth-order valence-electron chi connectivity index (χ4n) is 2.11. The van der Waals surface area contributed by atoms with E-state index in [1.165, 1.54) is 39.8 Å². The average Bonchev–Trinajstić information content (AvgIpc) is 2.42. The highest BCUT2D eigenvalue weighted by Crippen LogP contribution is 2.17. The minimum atomic E-state index is -0.751. The van der Waals surface area contributed by atoms with Crippen molar-refractivity contribution in [3.8, 4) is 11.5 Å². The van der Waals surface area contributed by atoms with Crippen LogP contribution in [-0.4, -0.2) is 21.6 Å². The van der Waals surface area contributed by atoms with Crippen LogP contribution in [0.4, 0.5) is 0 Å². The molecule has 126 valence electrons. The zero-order valence-electron chi connectivity index (χ0n) is 13.6. The van der Waals surface area contributed by atoms with Crippen LogP contribution in [0, 0.1) is 13.8 Å². The van der Waals surface area contributed by atoms with Crippen molar-refractivity contribution in [1.82, 2.24) is 0 Å². The summed E-state index contributed by atoms with van der Waals surface area (Å²) >= 11 is 0. The first-order valence-corrected chi connectivity index (χ1v) is 6.97. The zero-order chi connectivity index (χ0) is 18.0. The summed E-state index contributed by atoms with van der Waals surface area (Å²) in [6, 6.07) is 2.57. The molecule has 8 heteroatoms. The second-order valence-corrected chi connectivity index (χ2v) is 5.18. The maximum Gasteiger partial charge on any atom is 0.348 e. The number of hydrogen-bond donors (Lipinski definition) is 2. The lowest BCUT2D eigenvalue weighted by Crippen LogP contribution is -2.14. The molecule has 0 aliphatic rings. The van der Waals surface area contributed by atoms with Gasteiger partial charge in [0.1, 0.15) is 34.1 Å². The second kappa shape index (κ2) is 6.53. The topological polar surface area (TPSA) is 126 Å². The largest absolute Gasteiger partial charge is 0.507 e. The first kappa shape index (κ1) is 17.2. The molecule has 0 aliphatic heterocycles. The summed E-state index contributed by atoms with van der Waals surface area (Å²) in [5.41, 5.74) is -1.57. The van der Waals surface area contributed by atoms with Gasteiger partial charge in [0.05, 0.1) is 11.4 Å². The quantitative estimate of drug-likeness (QED) is 0.652. The molecule has 8 nitrogen and oxygen atoms in total. The first-order chi connectivity index (χ1) is 11.2. The molecular formula is C16H16N2O6. The molecule has 0 amide bonds. The van der Waals surface area contributed by atoms with E-state index >= 15 is 0 Å². The van der Waals surface area contributed by atoms with Gasteiger partial charge >= 0.3 is 11.3 Å². The molecule has 24 heavy (non-hydrogen) atoms. The van der Waals surface area contributed by atoms with E-state index in [9.17, 15) is 19.8 Å². The van der Waals surface area contributed by atoms with Gasteiger partial charge < -0.3 is 19.0 Å². The Morgan fingerprint density at radius 3 is 1.46 bits per heavy atom. The number of nitrogens with zero attached hydrogens (tertiary/aromatic N) is 2. The molecule has 0 saturated heterocycles. The maximum atomic E-state index is 11.8. The van der Waals surface area contributed by atoms with Gasteiger partial charge in [-0.2, -0.15) is 10.2 Å². The fraction of sp³-hybridized carbons (Fsp3) is 0.250. The molecule has 0 saturated carbocycles. The lowest BCUT2D eigenvalue weighted by atomic mass is 10.1. The molecule has 0 spiro atoms. The minimum Gasteiger partial charge on any atom is -0.507 e. The highest BCUT2D eigenvalue weighted by atomic mass is 16.4. The lowest BCUT2D eigenvalue weighted by molar-refractivity contribution is 0.431. The Morgan fingerprint density at radius 2 is 1.17 bits per heavy atom. The van der Waals surface area contributed by atoms with Gasteiger partial charge in [-0.3, -0.25) is 0 Å². The molecule has 2 aromatic heterocycles. The van der Waals surface area contributed by atoms with E-state index in [2.05, 4.69) is 10.2 Å². The van der Waals surface area contributed by atoms with Crippen LogP contribution in [0.25, 0.3) is 0 Å². The summed E-state index contributed by atoms with van der Waals surface area (Å²) < 4.78 is 9.81. The Bertz CT molecular complexity index is 886. The number of rotatable bonds is 3. The Kier molecular flexibility index (Phi) is 4.68. The third-order valence-corrected chi connectivity index (χ3v) is 3.18. The molecule has 0 atom stereocenters. The van der Waals surface area contributed by atoms with E-state index < -0.39 is 11.3 Å². The molecule has 2 N–H and O–H groups in total. The summed E-state index contributed by atoms with van der Waals surface area (Å²) in [4.78, 5) is 23.6. The van der Waals surface area contributed by atoms with Gasteiger partial charge in [0.25, 0.3) is 0 Å². The van der Waals surface area contributed by atoms with Gasteiger partial charge in [-0.25, -0.2) is 9.59 Å².